The molecule has 0 heterocycles. The summed E-state index contributed by atoms with van der Waals surface area (Å²) in [6, 6.07) is 0. The first-order valence-electron chi connectivity index (χ1n) is 4.53. The minimum atomic E-state index is -0.0411. The molecule has 0 unspecified atom stereocenters. The van der Waals surface area contributed by atoms with Gasteiger partial charge >= 0.3 is 0 Å². The molecular formula is C10H15Cl2NO. The summed E-state index contributed by atoms with van der Waals surface area (Å²) in [5.41, 5.74) is 0.707. The van der Waals surface area contributed by atoms with Crippen LogP contribution >= 0.6 is 23.2 Å². The van der Waals surface area contributed by atoms with Crippen molar-refractivity contribution in [1.82, 2.24) is 5.32 Å². The molecule has 0 rings (SSSR count). The van der Waals surface area contributed by atoms with Crippen molar-refractivity contribution in [3.05, 3.63) is 21.8 Å². The van der Waals surface area contributed by atoms with Crippen LogP contribution in [-0.2, 0) is 4.79 Å². The van der Waals surface area contributed by atoms with Crippen molar-refractivity contribution in [1.29, 1.82) is 0 Å². The predicted molar refractivity (Wildman–Crippen MR) is 61.2 cm³/mol. The Morgan fingerprint density at radius 3 is 2.21 bits per heavy atom. The van der Waals surface area contributed by atoms with Crippen molar-refractivity contribution < 1.29 is 4.79 Å². The molecule has 4 heteroatoms. The van der Waals surface area contributed by atoms with E-state index in [9.17, 15) is 4.79 Å². The van der Waals surface area contributed by atoms with Gasteiger partial charge in [0.15, 0.2) is 0 Å². The van der Waals surface area contributed by atoms with Crippen LogP contribution in [0.15, 0.2) is 21.8 Å². The fourth-order valence-corrected chi connectivity index (χ4v) is 1.34. The second-order valence-corrected chi connectivity index (χ2v) is 3.82. The SMILES string of the molecule is CCC(=O)N/C(CC)=C(Cl)/C=C(\C)Cl. The molecule has 0 radical (unpaired) electrons. The third kappa shape index (κ3) is 5.30. The van der Waals surface area contributed by atoms with Crippen LogP contribution in [0.5, 0.6) is 0 Å². The fourth-order valence-electron chi connectivity index (χ4n) is 0.835. The number of carbonyl (C=O) groups is 1. The minimum Gasteiger partial charge on any atom is -0.328 e. The second kappa shape index (κ2) is 6.91. The molecule has 0 aromatic rings. The van der Waals surface area contributed by atoms with Gasteiger partial charge in [-0.2, -0.15) is 0 Å². The molecular weight excluding hydrogens is 221 g/mol. The number of rotatable bonds is 4. The molecule has 0 aromatic carbocycles. The van der Waals surface area contributed by atoms with Crippen molar-refractivity contribution in [2.45, 2.75) is 33.6 Å². The lowest BCUT2D eigenvalue weighted by atomic mass is 10.3. The number of nitrogens with one attached hydrogen (secondary N) is 1. The Bertz CT molecular complexity index is 265. The number of allylic oxidation sites excluding steroid dienone is 4. The van der Waals surface area contributed by atoms with E-state index in [0.717, 1.165) is 0 Å². The Hall–Kier alpha value is -0.470. The number of halogens is 2. The monoisotopic (exact) mass is 235 g/mol. The summed E-state index contributed by atoms with van der Waals surface area (Å²) in [6.45, 7) is 5.45. The Balaban J connectivity index is 4.68. The predicted octanol–water partition coefficient (Wildman–Crippen LogP) is 3.52. The Kier molecular flexibility index (Phi) is 6.67. The smallest absolute Gasteiger partial charge is 0.223 e. The summed E-state index contributed by atoms with van der Waals surface area (Å²) in [7, 11) is 0. The molecule has 1 N–H and O–H groups in total. The van der Waals surface area contributed by atoms with E-state index in [2.05, 4.69) is 5.32 Å². The fraction of sp³-hybridized carbons (Fsp3) is 0.500. The molecule has 0 aromatic heterocycles. The zero-order valence-corrected chi connectivity index (χ0v) is 10.2. The van der Waals surface area contributed by atoms with Crippen LogP contribution in [0, 0.1) is 0 Å². The molecule has 0 fully saturated rings. The second-order valence-electron chi connectivity index (χ2n) is 2.81. The summed E-state index contributed by atoms with van der Waals surface area (Å²) >= 11 is 11.6. The van der Waals surface area contributed by atoms with Crippen LogP contribution in [-0.4, -0.2) is 5.91 Å². The lowest BCUT2D eigenvalue weighted by Gasteiger charge is -2.07. The molecule has 0 bridgehead atoms. The molecule has 2 nitrogen and oxygen atoms in total. The van der Waals surface area contributed by atoms with E-state index in [1.807, 2.05) is 6.92 Å². The van der Waals surface area contributed by atoms with Gasteiger partial charge in [0.1, 0.15) is 0 Å². The lowest BCUT2D eigenvalue weighted by Crippen LogP contribution is -2.21. The van der Waals surface area contributed by atoms with Gasteiger partial charge in [-0.1, -0.05) is 37.0 Å². The molecule has 0 aliphatic rings. The van der Waals surface area contributed by atoms with Crippen molar-refractivity contribution in [2.24, 2.45) is 0 Å². The van der Waals surface area contributed by atoms with Crippen molar-refractivity contribution in [3.8, 4) is 0 Å². The largest absolute Gasteiger partial charge is 0.328 e. The van der Waals surface area contributed by atoms with Gasteiger partial charge in [-0.15, -0.1) is 0 Å². The summed E-state index contributed by atoms with van der Waals surface area (Å²) in [5.74, 6) is -0.0411. The van der Waals surface area contributed by atoms with Crippen LogP contribution < -0.4 is 5.32 Å². The zero-order chi connectivity index (χ0) is 11.1. The highest BCUT2D eigenvalue weighted by Crippen LogP contribution is 2.15. The molecule has 1 amide bonds. The molecule has 0 atom stereocenters. The third-order valence-electron chi connectivity index (χ3n) is 1.58. The molecule has 14 heavy (non-hydrogen) atoms. The quantitative estimate of drug-likeness (QED) is 0.743. The van der Waals surface area contributed by atoms with Gasteiger partial charge < -0.3 is 5.32 Å². The van der Waals surface area contributed by atoms with Crippen LogP contribution in [0.3, 0.4) is 0 Å². The van der Waals surface area contributed by atoms with Gasteiger partial charge in [0.2, 0.25) is 5.91 Å². The van der Waals surface area contributed by atoms with Gasteiger partial charge in [0, 0.05) is 17.2 Å². The Morgan fingerprint density at radius 1 is 1.29 bits per heavy atom. The molecule has 0 aliphatic heterocycles. The highest BCUT2D eigenvalue weighted by molar-refractivity contribution is 6.34. The average Bonchev–Trinajstić information content (AvgIpc) is 2.12. The van der Waals surface area contributed by atoms with E-state index in [0.29, 0.717) is 28.6 Å². The molecule has 0 spiro atoms. The first-order valence-corrected chi connectivity index (χ1v) is 5.29. The van der Waals surface area contributed by atoms with E-state index < -0.39 is 0 Å². The van der Waals surface area contributed by atoms with E-state index in [-0.39, 0.29) is 5.91 Å². The maximum Gasteiger partial charge on any atom is 0.223 e. The zero-order valence-electron chi connectivity index (χ0n) is 8.66. The molecule has 0 saturated carbocycles. The van der Waals surface area contributed by atoms with Crippen molar-refractivity contribution in [2.75, 3.05) is 0 Å². The summed E-state index contributed by atoms with van der Waals surface area (Å²) in [4.78, 5) is 11.1. The van der Waals surface area contributed by atoms with Gasteiger partial charge in [-0.25, -0.2) is 0 Å². The first kappa shape index (κ1) is 13.5. The van der Waals surface area contributed by atoms with Gasteiger partial charge in [-0.3, -0.25) is 4.79 Å². The highest BCUT2D eigenvalue weighted by atomic mass is 35.5. The number of amides is 1. The first-order chi connectivity index (χ1) is 6.51. The highest BCUT2D eigenvalue weighted by Gasteiger charge is 2.04. The van der Waals surface area contributed by atoms with Crippen LogP contribution in [0.2, 0.25) is 0 Å². The van der Waals surface area contributed by atoms with Crippen LogP contribution in [0.25, 0.3) is 0 Å². The Labute approximate surface area is 95.0 Å². The third-order valence-corrected chi connectivity index (χ3v) is 2.03. The van der Waals surface area contributed by atoms with Gasteiger partial charge in [0.05, 0.1) is 5.03 Å². The van der Waals surface area contributed by atoms with Crippen molar-refractivity contribution >= 4 is 29.1 Å². The van der Waals surface area contributed by atoms with Crippen molar-refractivity contribution in [3.63, 3.8) is 0 Å². The summed E-state index contributed by atoms with van der Waals surface area (Å²) in [6.07, 6.45) is 2.74. The standard InChI is InChI=1S/C10H15Cl2NO/c1-4-9(13-10(14)5-2)8(12)6-7(3)11/h6H,4-5H2,1-3H3,(H,13,14)/b7-6+,9-8-. The maximum atomic E-state index is 11.1. The van der Waals surface area contributed by atoms with E-state index in [4.69, 9.17) is 23.2 Å². The van der Waals surface area contributed by atoms with E-state index in [1.165, 1.54) is 0 Å². The van der Waals surface area contributed by atoms with E-state index >= 15 is 0 Å². The Morgan fingerprint density at radius 2 is 1.86 bits per heavy atom. The van der Waals surface area contributed by atoms with Gasteiger partial charge in [0.25, 0.3) is 0 Å². The molecule has 0 saturated heterocycles. The molecule has 0 aliphatic carbocycles. The normalized spacial score (nSPS) is 13.6. The van der Waals surface area contributed by atoms with Crippen LogP contribution in [0.4, 0.5) is 0 Å². The van der Waals surface area contributed by atoms with E-state index in [1.54, 1.807) is 19.9 Å². The summed E-state index contributed by atoms with van der Waals surface area (Å²) in [5, 5.41) is 3.80. The minimum absolute atomic E-state index is 0.0411. The number of carbonyl (C=O) groups excluding carboxylic acids is 1. The number of hydrogen-bond acceptors (Lipinski definition) is 1. The lowest BCUT2D eigenvalue weighted by molar-refractivity contribution is -0.120. The van der Waals surface area contributed by atoms with Gasteiger partial charge in [-0.05, 0) is 19.4 Å². The average molecular weight is 236 g/mol. The van der Waals surface area contributed by atoms with Crippen LogP contribution in [0.1, 0.15) is 33.6 Å². The molecule has 80 valence electrons. The maximum absolute atomic E-state index is 11.1. The number of hydrogen-bond donors (Lipinski definition) is 1. The topological polar surface area (TPSA) is 29.1 Å². The summed E-state index contributed by atoms with van der Waals surface area (Å²) < 4.78 is 0.